The molecule has 0 heterocycles. The van der Waals surface area contributed by atoms with E-state index in [0.29, 0.717) is 23.8 Å². The molecular formula is C13H21NO. The highest BCUT2D eigenvalue weighted by molar-refractivity contribution is 5.82. The minimum absolute atomic E-state index is 0.321. The van der Waals surface area contributed by atoms with E-state index in [9.17, 15) is 4.79 Å². The third-order valence-corrected chi connectivity index (χ3v) is 3.29. The fourth-order valence-electron chi connectivity index (χ4n) is 2.02. The van der Waals surface area contributed by atoms with Crippen LogP contribution in [0.5, 0.6) is 0 Å². The number of allylic oxidation sites excluding steroid dienone is 2. The highest BCUT2D eigenvalue weighted by atomic mass is 16.2. The maximum atomic E-state index is 11.6. The van der Waals surface area contributed by atoms with Crippen LogP contribution in [0.2, 0.25) is 0 Å². The van der Waals surface area contributed by atoms with E-state index >= 15 is 0 Å². The molecule has 0 aromatic rings. The van der Waals surface area contributed by atoms with Crippen molar-refractivity contribution in [2.24, 2.45) is 11.8 Å². The number of hydrogen-bond acceptors (Lipinski definition) is 1. The summed E-state index contributed by atoms with van der Waals surface area (Å²) in [6, 6.07) is 0.527. The van der Waals surface area contributed by atoms with Gasteiger partial charge in [-0.05, 0) is 44.4 Å². The topological polar surface area (TPSA) is 29.1 Å². The van der Waals surface area contributed by atoms with Gasteiger partial charge in [0.25, 0.3) is 0 Å². The van der Waals surface area contributed by atoms with Crippen LogP contribution in [0.15, 0.2) is 12.2 Å². The van der Waals surface area contributed by atoms with Crippen LogP contribution in [0.4, 0.5) is 0 Å². The van der Waals surface area contributed by atoms with Crippen molar-refractivity contribution < 1.29 is 4.79 Å². The van der Waals surface area contributed by atoms with Crippen LogP contribution in [-0.4, -0.2) is 11.9 Å². The summed E-state index contributed by atoms with van der Waals surface area (Å²) in [7, 11) is 0. The van der Waals surface area contributed by atoms with Crippen molar-refractivity contribution in [2.75, 3.05) is 0 Å². The normalized spacial score (nSPS) is 29.4. The Morgan fingerprint density at radius 1 is 1.40 bits per heavy atom. The van der Waals surface area contributed by atoms with Crippen molar-refractivity contribution in [1.29, 1.82) is 0 Å². The molecule has 0 radical (unpaired) electrons. The minimum atomic E-state index is 0.321. The van der Waals surface area contributed by atoms with Crippen LogP contribution < -0.4 is 5.32 Å². The smallest absolute Gasteiger partial charge is 0.223 e. The van der Waals surface area contributed by atoms with Crippen molar-refractivity contribution in [3.05, 3.63) is 12.2 Å². The molecule has 15 heavy (non-hydrogen) atoms. The molecule has 2 heteroatoms. The molecule has 2 unspecified atom stereocenters. The van der Waals surface area contributed by atoms with Gasteiger partial charge < -0.3 is 5.32 Å². The molecule has 2 rings (SSSR count). The third-order valence-electron chi connectivity index (χ3n) is 3.29. The Morgan fingerprint density at radius 2 is 2.20 bits per heavy atom. The lowest BCUT2D eigenvalue weighted by atomic mass is 10.1. The van der Waals surface area contributed by atoms with Gasteiger partial charge in [-0.25, -0.2) is 0 Å². The van der Waals surface area contributed by atoms with Crippen LogP contribution >= 0.6 is 0 Å². The van der Waals surface area contributed by atoms with Crippen LogP contribution in [-0.2, 0) is 4.79 Å². The Balaban J connectivity index is 1.58. The first-order chi connectivity index (χ1) is 7.31. The van der Waals surface area contributed by atoms with E-state index in [-0.39, 0.29) is 0 Å². The molecule has 2 aliphatic rings. The van der Waals surface area contributed by atoms with Crippen LogP contribution in [0, 0.1) is 11.8 Å². The average Bonchev–Trinajstić information content (AvgIpc) is 3.06. The molecule has 0 aromatic carbocycles. The first kappa shape index (κ1) is 10.7. The Hall–Kier alpha value is -0.790. The maximum absolute atomic E-state index is 11.6. The van der Waals surface area contributed by atoms with Crippen molar-refractivity contribution in [1.82, 2.24) is 5.32 Å². The van der Waals surface area contributed by atoms with Gasteiger partial charge in [0.05, 0.1) is 0 Å². The van der Waals surface area contributed by atoms with E-state index in [2.05, 4.69) is 24.4 Å². The third kappa shape index (κ3) is 3.37. The fourth-order valence-corrected chi connectivity index (χ4v) is 2.02. The lowest BCUT2D eigenvalue weighted by Gasteiger charge is -2.01. The summed E-state index contributed by atoms with van der Waals surface area (Å²) >= 11 is 0. The van der Waals surface area contributed by atoms with Gasteiger partial charge >= 0.3 is 0 Å². The van der Waals surface area contributed by atoms with Gasteiger partial charge in [-0.3, -0.25) is 4.79 Å². The number of nitrogens with one attached hydrogen (secondary N) is 1. The van der Waals surface area contributed by atoms with Gasteiger partial charge in [-0.15, -0.1) is 0 Å². The van der Waals surface area contributed by atoms with Crippen molar-refractivity contribution in [3.8, 4) is 0 Å². The molecule has 1 amide bonds. The molecule has 2 nitrogen and oxygen atoms in total. The summed E-state index contributed by atoms with van der Waals surface area (Å²) in [5, 5.41) is 3.09. The summed E-state index contributed by atoms with van der Waals surface area (Å²) in [6.45, 7) is 2.15. The molecule has 0 aliphatic heterocycles. The Kier molecular flexibility index (Phi) is 3.45. The SMILES string of the molecule is CCC=CCCC1CC1C(=O)NC1CC1. The maximum Gasteiger partial charge on any atom is 0.223 e. The molecule has 0 bridgehead atoms. The van der Waals surface area contributed by atoms with Crippen molar-refractivity contribution >= 4 is 5.91 Å². The molecular weight excluding hydrogens is 186 g/mol. The summed E-state index contributed by atoms with van der Waals surface area (Å²) in [5.74, 6) is 1.34. The zero-order valence-electron chi connectivity index (χ0n) is 9.54. The summed E-state index contributed by atoms with van der Waals surface area (Å²) in [4.78, 5) is 11.6. The molecule has 0 aromatic heterocycles. The number of amides is 1. The monoisotopic (exact) mass is 207 g/mol. The van der Waals surface area contributed by atoms with Crippen LogP contribution in [0.1, 0.15) is 45.4 Å². The quantitative estimate of drug-likeness (QED) is 0.666. The molecule has 84 valence electrons. The van der Waals surface area contributed by atoms with Crippen LogP contribution in [0.3, 0.4) is 0 Å². The summed E-state index contributed by atoms with van der Waals surface area (Å²) in [5.41, 5.74) is 0. The predicted molar refractivity (Wildman–Crippen MR) is 61.4 cm³/mol. The van der Waals surface area contributed by atoms with E-state index in [1.54, 1.807) is 0 Å². The van der Waals surface area contributed by atoms with E-state index < -0.39 is 0 Å². The highest BCUT2D eigenvalue weighted by Crippen LogP contribution is 2.42. The second-order valence-corrected chi connectivity index (χ2v) is 4.84. The lowest BCUT2D eigenvalue weighted by Crippen LogP contribution is -2.27. The fraction of sp³-hybridized carbons (Fsp3) is 0.769. The Labute approximate surface area is 92.1 Å². The first-order valence-corrected chi connectivity index (χ1v) is 6.26. The number of rotatable bonds is 6. The second kappa shape index (κ2) is 4.82. The summed E-state index contributed by atoms with van der Waals surface area (Å²) < 4.78 is 0. The number of carbonyl (C=O) groups excluding carboxylic acids is 1. The first-order valence-electron chi connectivity index (χ1n) is 6.26. The number of hydrogen-bond donors (Lipinski definition) is 1. The van der Waals surface area contributed by atoms with Gasteiger partial charge in [0.15, 0.2) is 0 Å². The highest BCUT2D eigenvalue weighted by Gasteiger charge is 2.43. The van der Waals surface area contributed by atoms with E-state index in [0.717, 1.165) is 19.3 Å². The number of carbonyl (C=O) groups is 1. The lowest BCUT2D eigenvalue weighted by molar-refractivity contribution is -0.122. The predicted octanol–water partition coefficient (Wildman–Crippen LogP) is 2.65. The standard InChI is InChI=1S/C13H21NO/c1-2-3-4-5-6-10-9-12(10)13(15)14-11-7-8-11/h3-4,10-12H,2,5-9H2,1H3,(H,14,15). The second-order valence-electron chi connectivity index (χ2n) is 4.84. The molecule has 2 atom stereocenters. The molecule has 2 fully saturated rings. The van der Waals surface area contributed by atoms with Crippen molar-refractivity contribution in [3.63, 3.8) is 0 Å². The molecule has 2 aliphatic carbocycles. The molecule has 0 saturated heterocycles. The minimum Gasteiger partial charge on any atom is -0.353 e. The Bertz CT molecular complexity index is 255. The zero-order valence-corrected chi connectivity index (χ0v) is 9.54. The molecule has 0 spiro atoms. The van der Waals surface area contributed by atoms with E-state index in [4.69, 9.17) is 0 Å². The average molecular weight is 207 g/mol. The summed E-state index contributed by atoms with van der Waals surface area (Å²) in [6.07, 6.45) is 11.4. The van der Waals surface area contributed by atoms with Gasteiger partial charge in [0, 0.05) is 12.0 Å². The molecule has 1 N–H and O–H groups in total. The van der Waals surface area contributed by atoms with Gasteiger partial charge in [-0.1, -0.05) is 19.1 Å². The van der Waals surface area contributed by atoms with Crippen molar-refractivity contribution in [2.45, 2.75) is 51.5 Å². The van der Waals surface area contributed by atoms with Gasteiger partial charge in [0.2, 0.25) is 5.91 Å². The van der Waals surface area contributed by atoms with E-state index in [1.165, 1.54) is 19.3 Å². The van der Waals surface area contributed by atoms with Crippen LogP contribution in [0.25, 0.3) is 0 Å². The van der Waals surface area contributed by atoms with Gasteiger partial charge in [0.1, 0.15) is 0 Å². The zero-order chi connectivity index (χ0) is 10.7. The van der Waals surface area contributed by atoms with Gasteiger partial charge in [-0.2, -0.15) is 0 Å². The van der Waals surface area contributed by atoms with E-state index in [1.807, 2.05) is 0 Å². The largest absolute Gasteiger partial charge is 0.353 e. The molecule has 2 saturated carbocycles. The Morgan fingerprint density at radius 3 is 2.87 bits per heavy atom.